The SMILES string of the molecule is C#Cc1cccc(NC(=O)CN(C)C(=O)c2cccc(S(=O)(=O)Nc3ccc(F)cc3)c2)c1. The quantitative estimate of drug-likeness (QED) is 0.524. The lowest BCUT2D eigenvalue weighted by atomic mass is 10.2. The van der Waals surface area contributed by atoms with Crippen molar-refractivity contribution in [3.05, 3.63) is 89.7 Å². The number of hydrogen-bond acceptors (Lipinski definition) is 4. The topological polar surface area (TPSA) is 95.6 Å². The second kappa shape index (κ2) is 9.97. The van der Waals surface area contributed by atoms with Gasteiger partial charge in [0.1, 0.15) is 5.82 Å². The minimum absolute atomic E-state index is 0.0848. The molecule has 0 aliphatic carbocycles. The van der Waals surface area contributed by atoms with Crippen LogP contribution in [0.4, 0.5) is 15.8 Å². The Hall–Kier alpha value is -4.16. The number of nitrogens with zero attached hydrogens (tertiary/aromatic N) is 1. The Balaban J connectivity index is 1.69. The van der Waals surface area contributed by atoms with Crippen LogP contribution in [0.3, 0.4) is 0 Å². The van der Waals surface area contributed by atoms with Gasteiger partial charge in [0.05, 0.1) is 11.4 Å². The highest BCUT2D eigenvalue weighted by Gasteiger charge is 2.19. The van der Waals surface area contributed by atoms with Crippen LogP contribution in [0.5, 0.6) is 0 Å². The van der Waals surface area contributed by atoms with Crippen molar-refractivity contribution in [3.8, 4) is 12.3 Å². The standard InChI is InChI=1S/C24H20FN3O4S/c1-3-17-6-4-8-21(14-17)26-23(29)16-28(2)24(30)18-7-5-9-22(15-18)33(31,32)27-20-12-10-19(25)11-13-20/h1,4-15,27H,16H2,2H3,(H,26,29). The molecule has 0 heterocycles. The van der Waals surface area contributed by atoms with E-state index in [2.05, 4.69) is 16.0 Å². The van der Waals surface area contributed by atoms with E-state index < -0.39 is 27.7 Å². The van der Waals surface area contributed by atoms with E-state index in [4.69, 9.17) is 6.42 Å². The van der Waals surface area contributed by atoms with Gasteiger partial charge in [-0.1, -0.05) is 18.1 Å². The molecule has 0 saturated carbocycles. The molecule has 0 spiro atoms. The van der Waals surface area contributed by atoms with Gasteiger partial charge in [0, 0.05) is 29.5 Å². The van der Waals surface area contributed by atoms with Crippen molar-refractivity contribution < 1.29 is 22.4 Å². The number of amides is 2. The summed E-state index contributed by atoms with van der Waals surface area (Å²) in [5.41, 5.74) is 1.36. The molecule has 3 rings (SSSR count). The van der Waals surface area contributed by atoms with Gasteiger partial charge in [-0.15, -0.1) is 6.42 Å². The maximum Gasteiger partial charge on any atom is 0.261 e. The molecule has 0 fully saturated rings. The van der Waals surface area contributed by atoms with Crippen molar-refractivity contribution in [2.24, 2.45) is 0 Å². The highest BCUT2D eigenvalue weighted by molar-refractivity contribution is 7.92. The van der Waals surface area contributed by atoms with Crippen LogP contribution >= 0.6 is 0 Å². The third-order valence-corrected chi connectivity index (χ3v) is 5.91. The number of carbonyl (C=O) groups is 2. The molecule has 0 saturated heterocycles. The van der Waals surface area contributed by atoms with Gasteiger partial charge in [0.25, 0.3) is 15.9 Å². The van der Waals surface area contributed by atoms with Crippen LogP contribution in [0, 0.1) is 18.2 Å². The predicted molar refractivity (Wildman–Crippen MR) is 124 cm³/mol. The predicted octanol–water partition coefficient (Wildman–Crippen LogP) is 3.32. The molecule has 33 heavy (non-hydrogen) atoms. The van der Waals surface area contributed by atoms with Gasteiger partial charge in [0.15, 0.2) is 0 Å². The minimum Gasteiger partial charge on any atom is -0.332 e. The number of terminal acetylenes is 1. The van der Waals surface area contributed by atoms with Gasteiger partial charge in [-0.25, -0.2) is 12.8 Å². The van der Waals surface area contributed by atoms with Gasteiger partial charge in [-0.2, -0.15) is 0 Å². The first-order valence-corrected chi connectivity index (χ1v) is 11.2. The summed E-state index contributed by atoms with van der Waals surface area (Å²) < 4.78 is 40.7. The van der Waals surface area contributed by atoms with Crippen LogP contribution in [0.1, 0.15) is 15.9 Å². The maximum atomic E-state index is 13.1. The summed E-state index contributed by atoms with van der Waals surface area (Å²) in [5, 5.41) is 2.66. The molecule has 0 aliphatic heterocycles. The lowest BCUT2D eigenvalue weighted by Crippen LogP contribution is -2.35. The first-order valence-electron chi connectivity index (χ1n) is 9.68. The summed E-state index contributed by atoms with van der Waals surface area (Å²) in [4.78, 5) is 26.1. The van der Waals surface area contributed by atoms with Crippen LogP contribution in [-0.2, 0) is 14.8 Å². The van der Waals surface area contributed by atoms with E-state index in [-0.39, 0.29) is 22.7 Å². The number of likely N-dealkylation sites (N-methyl/N-ethyl adjacent to an activating group) is 1. The summed E-state index contributed by atoms with van der Waals surface area (Å²) in [6.07, 6.45) is 5.35. The Morgan fingerprint density at radius 1 is 1.00 bits per heavy atom. The highest BCUT2D eigenvalue weighted by atomic mass is 32.2. The number of rotatable bonds is 7. The summed E-state index contributed by atoms with van der Waals surface area (Å²) in [5.74, 6) is 0.987. The fourth-order valence-corrected chi connectivity index (χ4v) is 4.03. The number of hydrogen-bond donors (Lipinski definition) is 2. The molecule has 9 heteroatoms. The van der Waals surface area contributed by atoms with Gasteiger partial charge in [-0.3, -0.25) is 14.3 Å². The number of sulfonamides is 1. The van der Waals surface area contributed by atoms with Gasteiger partial charge in [0.2, 0.25) is 5.91 Å². The highest BCUT2D eigenvalue weighted by Crippen LogP contribution is 2.18. The molecule has 0 atom stereocenters. The number of anilines is 2. The van der Waals surface area contributed by atoms with E-state index in [1.807, 2.05) is 0 Å². The Kier molecular flexibility index (Phi) is 7.10. The number of benzene rings is 3. The van der Waals surface area contributed by atoms with Gasteiger partial charge in [-0.05, 0) is 60.7 Å². The Morgan fingerprint density at radius 2 is 1.70 bits per heavy atom. The van der Waals surface area contributed by atoms with Gasteiger partial charge >= 0.3 is 0 Å². The molecule has 0 aromatic heterocycles. The lowest BCUT2D eigenvalue weighted by molar-refractivity contribution is -0.116. The first kappa shape index (κ1) is 23.5. The monoisotopic (exact) mass is 465 g/mol. The number of nitrogens with one attached hydrogen (secondary N) is 2. The average Bonchev–Trinajstić information content (AvgIpc) is 2.80. The first-order chi connectivity index (χ1) is 15.7. The zero-order valence-electron chi connectivity index (χ0n) is 17.6. The largest absolute Gasteiger partial charge is 0.332 e. The van der Waals surface area contributed by atoms with E-state index in [0.717, 1.165) is 12.1 Å². The van der Waals surface area contributed by atoms with Crippen LogP contribution in [0.25, 0.3) is 0 Å². The van der Waals surface area contributed by atoms with Crippen LogP contribution in [0.2, 0.25) is 0 Å². The number of halogens is 1. The second-order valence-electron chi connectivity index (χ2n) is 7.07. The van der Waals surface area contributed by atoms with E-state index in [1.54, 1.807) is 24.3 Å². The Bertz CT molecular complexity index is 1330. The van der Waals surface area contributed by atoms with Crippen LogP contribution in [0.15, 0.2) is 77.7 Å². The van der Waals surface area contributed by atoms with Crippen molar-refractivity contribution in [1.82, 2.24) is 4.90 Å². The lowest BCUT2D eigenvalue weighted by Gasteiger charge is -2.17. The van der Waals surface area contributed by atoms with Crippen LogP contribution in [-0.4, -0.2) is 38.7 Å². The molecule has 0 aliphatic rings. The maximum absolute atomic E-state index is 13.1. The van der Waals surface area contributed by atoms with Crippen molar-refractivity contribution in [2.45, 2.75) is 4.90 Å². The van der Waals surface area contributed by atoms with Crippen molar-refractivity contribution in [1.29, 1.82) is 0 Å². The third kappa shape index (κ3) is 6.18. The molecular formula is C24H20FN3O4S. The number of carbonyl (C=O) groups excluding carboxylic acids is 2. The smallest absolute Gasteiger partial charge is 0.261 e. The molecule has 3 aromatic rings. The van der Waals surface area contributed by atoms with E-state index in [9.17, 15) is 22.4 Å². The van der Waals surface area contributed by atoms with Crippen molar-refractivity contribution in [3.63, 3.8) is 0 Å². The van der Waals surface area contributed by atoms with E-state index >= 15 is 0 Å². The van der Waals surface area contributed by atoms with Gasteiger partial charge < -0.3 is 10.2 Å². The molecular weight excluding hydrogens is 445 g/mol. The fourth-order valence-electron chi connectivity index (χ4n) is 2.92. The minimum atomic E-state index is -4.02. The molecule has 0 unspecified atom stereocenters. The molecule has 2 amide bonds. The van der Waals surface area contributed by atoms with Crippen molar-refractivity contribution >= 4 is 33.2 Å². The molecule has 168 valence electrons. The Labute approximate surface area is 191 Å². The summed E-state index contributed by atoms with van der Waals surface area (Å²) in [6, 6.07) is 16.9. The third-order valence-electron chi connectivity index (χ3n) is 4.53. The zero-order chi connectivity index (χ0) is 24.0. The molecule has 7 nitrogen and oxygen atoms in total. The normalized spacial score (nSPS) is 10.7. The van der Waals surface area contributed by atoms with Crippen LogP contribution < -0.4 is 10.0 Å². The Morgan fingerprint density at radius 3 is 2.39 bits per heavy atom. The summed E-state index contributed by atoms with van der Waals surface area (Å²) >= 11 is 0. The zero-order valence-corrected chi connectivity index (χ0v) is 18.4. The molecule has 3 aromatic carbocycles. The molecule has 0 bridgehead atoms. The van der Waals surface area contributed by atoms with E-state index in [1.165, 1.54) is 48.3 Å². The van der Waals surface area contributed by atoms with Crippen molar-refractivity contribution in [2.75, 3.05) is 23.6 Å². The fraction of sp³-hybridized carbons (Fsp3) is 0.0833. The summed E-state index contributed by atoms with van der Waals surface area (Å²) in [6.45, 7) is -0.260. The molecule has 2 N–H and O–H groups in total. The molecule has 0 radical (unpaired) electrons. The average molecular weight is 466 g/mol. The van der Waals surface area contributed by atoms with E-state index in [0.29, 0.717) is 11.3 Å². The summed E-state index contributed by atoms with van der Waals surface area (Å²) in [7, 11) is -2.59. The second-order valence-corrected chi connectivity index (χ2v) is 8.76.